The van der Waals surface area contributed by atoms with Crippen LogP contribution in [0.5, 0.6) is 5.75 Å². The Hall–Kier alpha value is -3.90. The third-order valence-corrected chi connectivity index (χ3v) is 7.03. The molecule has 0 unspecified atom stereocenters. The standard InChI is InChI=1S/C28H24O5S/c1-21-6-5-7-25(18-21)32-19-22-10-14-24(15-11-22)28(29)33-20-23-12-16-27(17-13-23)34(30,31)26-8-3-2-4-9-26/h2-18H,19-20H2,1H3. The molecule has 0 amide bonds. The molecule has 0 bridgehead atoms. The molecule has 6 heteroatoms. The Kier molecular flexibility index (Phi) is 7.09. The molecule has 4 aromatic carbocycles. The molecule has 0 aliphatic heterocycles. The highest BCUT2D eigenvalue weighted by molar-refractivity contribution is 7.91. The van der Waals surface area contributed by atoms with Gasteiger partial charge >= 0.3 is 5.97 Å². The van der Waals surface area contributed by atoms with Crippen LogP contribution >= 0.6 is 0 Å². The first-order valence-electron chi connectivity index (χ1n) is 10.8. The molecule has 0 spiro atoms. The lowest BCUT2D eigenvalue weighted by Gasteiger charge is -2.09. The first-order chi connectivity index (χ1) is 16.4. The van der Waals surface area contributed by atoms with Gasteiger partial charge in [0.2, 0.25) is 9.84 Å². The lowest BCUT2D eigenvalue weighted by molar-refractivity contribution is 0.0472. The second-order valence-electron chi connectivity index (χ2n) is 7.84. The first kappa shape index (κ1) is 23.3. The van der Waals surface area contributed by atoms with Gasteiger partial charge in [-0.1, -0.05) is 54.6 Å². The van der Waals surface area contributed by atoms with Crippen LogP contribution in [0.2, 0.25) is 0 Å². The van der Waals surface area contributed by atoms with Crippen molar-refractivity contribution in [3.05, 3.63) is 125 Å². The van der Waals surface area contributed by atoms with Crippen molar-refractivity contribution in [3.63, 3.8) is 0 Å². The van der Waals surface area contributed by atoms with Crippen molar-refractivity contribution in [2.45, 2.75) is 29.9 Å². The van der Waals surface area contributed by atoms with Gasteiger partial charge in [-0.2, -0.15) is 0 Å². The molecule has 34 heavy (non-hydrogen) atoms. The van der Waals surface area contributed by atoms with Gasteiger partial charge in [-0.05, 0) is 72.1 Å². The molecular formula is C28H24O5S. The fourth-order valence-electron chi connectivity index (χ4n) is 3.34. The molecule has 0 fully saturated rings. The highest BCUT2D eigenvalue weighted by Gasteiger charge is 2.17. The van der Waals surface area contributed by atoms with Gasteiger partial charge in [-0.25, -0.2) is 13.2 Å². The highest BCUT2D eigenvalue weighted by Crippen LogP contribution is 2.21. The number of esters is 1. The summed E-state index contributed by atoms with van der Waals surface area (Å²) in [6, 6.07) is 29.5. The monoisotopic (exact) mass is 472 g/mol. The zero-order chi connectivity index (χ0) is 24.0. The molecule has 0 atom stereocenters. The predicted octanol–water partition coefficient (Wildman–Crippen LogP) is 5.76. The van der Waals surface area contributed by atoms with E-state index in [1.165, 1.54) is 12.1 Å². The Labute approximate surface area is 199 Å². The summed E-state index contributed by atoms with van der Waals surface area (Å²) in [6.07, 6.45) is 0. The first-order valence-corrected chi connectivity index (χ1v) is 12.2. The zero-order valence-corrected chi connectivity index (χ0v) is 19.5. The maximum absolute atomic E-state index is 12.7. The fraction of sp³-hybridized carbons (Fsp3) is 0.107. The molecule has 0 saturated heterocycles. The second-order valence-corrected chi connectivity index (χ2v) is 9.79. The third-order valence-electron chi connectivity index (χ3n) is 5.24. The average Bonchev–Trinajstić information content (AvgIpc) is 2.87. The van der Waals surface area contributed by atoms with Crippen molar-refractivity contribution in [1.29, 1.82) is 0 Å². The Morgan fingerprint density at radius 2 is 1.32 bits per heavy atom. The summed E-state index contributed by atoms with van der Waals surface area (Å²) >= 11 is 0. The summed E-state index contributed by atoms with van der Waals surface area (Å²) in [5, 5.41) is 0. The molecule has 4 aromatic rings. The Morgan fingerprint density at radius 3 is 2.00 bits per heavy atom. The molecule has 4 rings (SSSR count). The van der Waals surface area contributed by atoms with E-state index in [0.29, 0.717) is 17.7 Å². The van der Waals surface area contributed by atoms with Gasteiger partial charge in [0.05, 0.1) is 15.4 Å². The summed E-state index contributed by atoms with van der Waals surface area (Å²) in [5.74, 6) is 0.346. The maximum atomic E-state index is 12.7. The summed E-state index contributed by atoms with van der Waals surface area (Å²) in [6.45, 7) is 2.45. The number of benzene rings is 4. The summed E-state index contributed by atoms with van der Waals surface area (Å²) in [7, 11) is -3.58. The molecule has 0 aromatic heterocycles. The van der Waals surface area contributed by atoms with Crippen LogP contribution < -0.4 is 4.74 Å². The van der Waals surface area contributed by atoms with Crippen LogP contribution in [-0.4, -0.2) is 14.4 Å². The highest BCUT2D eigenvalue weighted by atomic mass is 32.2. The largest absolute Gasteiger partial charge is 0.489 e. The number of ether oxygens (including phenoxy) is 2. The normalized spacial score (nSPS) is 11.1. The van der Waals surface area contributed by atoms with Gasteiger partial charge in [-0.15, -0.1) is 0 Å². The third kappa shape index (κ3) is 5.71. The Balaban J connectivity index is 1.32. The molecule has 5 nitrogen and oxygen atoms in total. The molecule has 0 aliphatic rings. The summed E-state index contributed by atoms with van der Waals surface area (Å²) < 4.78 is 36.5. The van der Waals surface area contributed by atoms with Crippen molar-refractivity contribution in [1.82, 2.24) is 0 Å². The van der Waals surface area contributed by atoms with E-state index < -0.39 is 15.8 Å². The van der Waals surface area contributed by atoms with Crippen LogP contribution in [0.1, 0.15) is 27.0 Å². The number of carbonyl (C=O) groups is 1. The molecule has 0 radical (unpaired) electrons. The number of carbonyl (C=O) groups excluding carboxylic acids is 1. The predicted molar refractivity (Wildman–Crippen MR) is 129 cm³/mol. The van der Waals surface area contributed by atoms with Crippen LogP contribution in [0.15, 0.2) is 113 Å². The van der Waals surface area contributed by atoms with Crippen molar-refractivity contribution in [2.24, 2.45) is 0 Å². The zero-order valence-electron chi connectivity index (χ0n) is 18.7. The quantitative estimate of drug-likeness (QED) is 0.305. The molecule has 0 saturated carbocycles. The fourth-order valence-corrected chi connectivity index (χ4v) is 4.62. The minimum atomic E-state index is -3.58. The van der Waals surface area contributed by atoms with Crippen LogP contribution in [0.4, 0.5) is 0 Å². The summed E-state index contributed by atoms with van der Waals surface area (Å²) in [4.78, 5) is 12.8. The van der Waals surface area contributed by atoms with Gasteiger partial charge in [0.25, 0.3) is 0 Å². The number of rotatable bonds is 8. The van der Waals surface area contributed by atoms with Crippen LogP contribution in [0.3, 0.4) is 0 Å². The van der Waals surface area contributed by atoms with E-state index in [9.17, 15) is 13.2 Å². The lowest BCUT2D eigenvalue weighted by Crippen LogP contribution is -2.06. The van der Waals surface area contributed by atoms with Gasteiger partial charge in [-0.3, -0.25) is 0 Å². The van der Waals surface area contributed by atoms with Gasteiger partial charge in [0.1, 0.15) is 19.0 Å². The molecule has 0 N–H and O–H groups in total. The van der Waals surface area contributed by atoms with E-state index in [2.05, 4.69) is 0 Å². The van der Waals surface area contributed by atoms with Crippen LogP contribution in [0, 0.1) is 6.92 Å². The van der Waals surface area contributed by atoms with Gasteiger partial charge in [0.15, 0.2) is 0 Å². The van der Waals surface area contributed by atoms with Crippen molar-refractivity contribution >= 4 is 15.8 Å². The molecular weight excluding hydrogens is 448 g/mol. The topological polar surface area (TPSA) is 69.7 Å². The van der Waals surface area contributed by atoms with E-state index in [-0.39, 0.29) is 16.4 Å². The van der Waals surface area contributed by atoms with E-state index in [1.54, 1.807) is 54.6 Å². The molecule has 0 heterocycles. The number of sulfone groups is 1. The smallest absolute Gasteiger partial charge is 0.338 e. The van der Waals surface area contributed by atoms with Gasteiger partial charge in [0, 0.05) is 0 Å². The van der Waals surface area contributed by atoms with Crippen molar-refractivity contribution in [2.75, 3.05) is 0 Å². The number of hydrogen-bond acceptors (Lipinski definition) is 5. The van der Waals surface area contributed by atoms with Crippen molar-refractivity contribution in [3.8, 4) is 5.75 Å². The second kappa shape index (κ2) is 10.4. The minimum Gasteiger partial charge on any atom is -0.489 e. The van der Waals surface area contributed by atoms with E-state index in [4.69, 9.17) is 9.47 Å². The Bertz CT molecular complexity index is 1360. The Morgan fingerprint density at radius 1 is 0.706 bits per heavy atom. The van der Waals surface area contributed by atoms with Crippen LogP contribution in [-0.2, 0) is 27.8 Å². The van der Waals surface area contributed by atoms with E-state index in [0.717, 1.165) is 16.9 Å². The van der Waals surface area contributed by atoms with E-state index in [1.807, 2.05) is 43.3 Å². The SMILES string of the molecule is Cc1cccc(OCc2ccc(C(=O)OCc3ccc(S(=O)(=O)c4ccccc4)cc3)cc2)c1. The molecule has 172 valence electrons. The lowest BCUT2D eigenvalue weighted by atomic mass is 10.1. The summed E-state index contributed by atoms with van der Waals surface area (Å²) in [5.41, 5.74) is 3.20. The maximum Gasteiger partial charge on any atom is 0.338 e. The van der Waals surface area contributed by atoms with Crippen LogP contribution in [0.25, 0.3) is 0 Å². The average molecular weight is 473 g/mol. The minimum absolute atomic E-state index is 0.0444. The number of hydrogen-bond donors (Lipinski definition) is 0. The molecule has 0 aliphatic carbocycles. The number of aryl methyl sites for hydroxylation is 1. The van der Waals surface area contributed by atoms with Crippen molar-refractivity contribution < 1.29 is 22.7 Å². The van der Waals surface area contributed by atoms with Gasteiger partial charge < -0.3 is 9.47 Å². The van der Waals surface area contributed by atoms with E-state index >= 15 is 0 Å².